The lowest BCUT2D eigenvalue weighted by molar-refractivity contribution is -0.170. The van der Waals surface area contributed by atoms with Crippen molar-refractivity contribution >= 4 is 16.7 Å². The number of hydrogen-bond acceptors (Lipinski definition) is 7. The molecule has 7 nitrogen and oxygen atoms in total. The van der Waals surface area contributed by atoms with Crippen LogP contribution in [0.1, 0.15) is 36.4 Å². The summed E-state index contributed by atoms with van der Waals surface area (Å²) in [5.41, 5.74) is -2.63. The zero-order chi connectivity index (χ0) is 25.1. The van der Waals surface area contributed by atoms with Crippen molar-refractivity contribution in [3.05, 3.63) is 58.7 Å². The molecule has 180 valence electrons. The highest BCUT2D eigenvalue weighted by molar-refractivity contribution is 5.91. The van der Waals surface area contributed by atoms with Crippen molar-refractivity contribution in [3.8, 4) is 11.8 Å². The number of nitrogens with zero attached hydrogens (tertiary/aromatic N) is 3. The Morgan fingerprint density at radius 3 is 2.56 bits per heavy atom. The van der Waals surface area contributed by atoms with Crippen LogP contribution >= 0.6 is 0 Å². The van der Waals surface area contributed by atoms with Crippen LogP contribution < -0.4 is 10.1 Å². The molecule has 2 aromatic carbocycles. The highest BCUT2D eigenvalue weighted by atomic mass is 19.3. The standard InChI is InChI=1S/C24H25F3N4O3/c1-14-30-19-10-16(12-28)20(34-9-8-33-4)11-17(19)22(31-14)29-13-15-6-5-7-18(21(15)25)24(26,27)23(2,3)32/h5-7,10-11,32H,8-9,13H2,1-4H3,(H,29,30,31). The summed E-state index contributed by atoms with van der Waals surface area (Å²) >= 11 is 0. The largest absolute Gasteiger partial charge is 0.490 e. The van der Waals surface area contributed by atoms with Crippen molar-refractivity contribution < 1.29 is 27.8 Å². The van der Waals surface area contributed by atoms with E-state index >= 15 is 0 Å². The van der Waals surface area contributed by atoms with Crippen molar-refractivity contribution in [1.29, 1.82) is 5.26 Å². The summed E-state index contributed by atoms with van der Waals surface area (Å²) in [5.74, 6) is -3.89. The lowest BCUT2D eigenvalue weighted by Crippen LogP contribution is -2.41. The summed E-state index contributed by atoms with van der Waals surface area (Å²) in [6.07, 6.45) is 0. The lowest BCUT2D eigenvalue weighted by atomic mass is 9.92. The third kappa shape index (κ3) is 5.05. The molecule has 0 unspecified atom stereocenters. The van der Waals surface area contributed by atoms with Gasteiger partial charge in [0.15, 0.2) is 0 Å². The van der Waals surface area contributed by atoms with E-state index in [1.165, 1.54) is 19.2 Å². The summed E-state index contributed by atoms with van der Waals surface area (Å²) < 4.78 is 54.8. The van der Waals surface area contributed by atoms with Gasteiger partial charge in [0.05, 0.1) is 23.3 Å². The van der Waals surface area contributed by atoms with Crippen LogP contribution in [0.15, 0.2) is 30.3 Å². The molecule has 1 aromatic heterocycles. The first-order valence-electron chi connectivity index (χ1n) is 10.5. The summed E-state index contributed by atoms with van der Waals surface area (Å²) in [7, 11) is 1.53. The van der Waals surface area contributed by atoms with Crippen molar-refractivity contribution in [2.45, 2.75) is 38.8 Å². The molecule has 0 bridgehead atoms. The number of alkyl halides is 2. The average Bonchev–Trinajstić information content (AvgIpc) is 2.77. The molecule has 0 saturated heterocycles. The predicted molar refractivity (Wildman–Crippen MR) is 120 cm³/mol. The fourth-order valence-corrected chi connectivity index (χ4v) is 3.32. The van der Waals surface area contributed by atoms with E-state index in [4.69, 9.17) is 9.47 Å². The molecule has 1 heterocycles. The number of benzene rings is 2. The maximum Gasteiger partial charge on any atom is 0.303 e. The Morgan fingerprint density at radius 2 is 1.91 bits per heavy atom. The van der Waals surface area contributed by atoms with Gasteiger partial charge in [0.2, 0.25) is 0 Å². The molecule has 0 aliphatic rings. The number of halogens is 3. The monoisotopic (exact) mass is 474 g/mol. The molecule has 0 amide bonds. The molecule has 0 saturated carbocycles. The van der Waals surface area contributed by atoms with Gasteiger partial charge in [-0.15, -0.1) is 0 Å². The highest BCUT2D eigenvalue weighted by Crippen LogP contribution is 2.40. The van der Waals surface area contributed by atoms with E-state index < -0.39 is 22.9 Å². The van der Waals surface area contributed by atoms with E-state index in [1.807, 2.05) is 0 Å². The minimum absolute atomic E-state index is 0.0314. The van der Waals surface area contributed by atoms with Gasteiger partial charge in [-0.1, -0.05) is 12.1 Å². The van der Waals surface area contributed by atoms with Crippen LogP contribution in [-0.4, -0.2) is 41.0 Å². The Morgan fingerprint density at radius 1 is 1.18 bits per heavy atom. The van der Waals surface area contributed by atoms with Gasteiger partial charge in [-0.2, -0.15) is 14.0 Å². The number of rotatable bonds is 9. The minimum Gasteiger partial charge on any atom is -0.490 e. The second kappa shape index (κ2) is 9.83. The van der Waals surface area contributed by atoms with Gasteiger partial charge >= 0.3 is 5.92 Å². The first kappa shape index (κ1) is 25.2. The molecular formula is C24H25F3N4O3. The van der Waals surface area contributed by atoms with E-state index in [2.05, 4.69) is 21.4 Å². The Balaban J connectivity index is 1.97. The van der Waals surface area contributed by atoms with Gasteiger partial charge in [0.25, 0.3) is 0 Å². The van der Waals surface area contributed by atoms with Crippen molar-refractivity contribution in [2.24, 2.45) is 0 Å². The van der Waals surface area contributed by atoms with E-state index in [0.29, 0.717) is 34.9 Å². The maximum atomic E-state index is 15.0. The zero-order valence-corrected chi connectivity index (χ0v) is 19.2. The smallest absolute Gasteiger partial charge is 0.303 e. The second-order valence-corrected chi connectivity index (χ2v) is 8.20. The number of nitrogens with one attached hydrogen (secondary N) is 1. The fraction of sp³-hybridized carbons (Fsp3) is 0.375. The molecule has 0 radical (unpaired) electrons. The molecule has 2 N–H and O–H groups in total. The SMILES string of the molecule is COCCOc1cc2c(NCc3cccc(C(F)(F)C(C)(C)O)c3F)nc(C)nc2cc1C#N. The fourth-order valence-electron chi connectivity index (χ4n) is 3.32. The minimum atomic E-state index is -3.80. The number of aryl methyl sites for hydroxylation is 1. The molecule has 0 aliphatic carbocycles. The number of methoxy groups -OCH3 is 1. The van der Waals surface area contributed by atoms with Crippen molar-refractivity contribution in [1.82, 2.24) is 9.97 Å². The molecule has 0 spiro atoms. The number of anilines is 1. The lowest BCUT2D eigenvalue weighted by Gasteiger charge is -2.30. The van der Waals surface area contributed by atoms with Crippen LogP contribution in [0.5, 0.6) is 5.75 Å². The molecular weight excluding hydrogens is 449 g/mol. The van der Waals surface area contributed by atoms with Gasteiger partial charge < -0.3 is 19.9 Å². The van der Waals surface area contributed by atoms with Gasteiger partial charge in [-0.25, -0.2) is 14.4 Å². The number of hydrogen-bond donors (Lipinski definition) is 2. The second-order valence-electron chi connectivity index (χ2n) is 8.20. The number of ether oxygens (including phenoxy) is 2. The first-order valence-corrected chi connectivity index (χ1v) is 10.5. The van der Waals surface area contributed by atoms with Crippen molar-refractivity contribution in [2.75, 3.05) is 25.6 Å². The van der Waals surface area contributed by atoms with Crippen LogP contribution in [0, 0.1) is 24.1 Å². The van der Waals surface area contributed by atoms with E-state index in [-0.39, 0.29) is 24.3 Å². The average molecular weight is 474 g/mol. The summed E-state index contributed by atoms with van der Waals surface area (Å²) in [5, 5.41) is 22.8. The highest BCUT2D eigenvalue weighted by Gasteiger charge is 2.48. The topological polar surface area (TPSA) is 100 Å². The zero-order valence-electron chi connectivity index (χ0n) is 19.2. The van der Waals surface area contributed by atoms with Gasteiger partial charge in [0, 0.05) is 24.6 Å². The van der Waals surface area contributed by atoms with Gasteiger partial charge in [-0.05, 0) is 39.0 Å². The van der Waals surface area contributed by atoms with E-state index in [0.717, 1.165) is 19.9 Å². The van der Waals surface area contributed by atoms with Crippen molar-refractivity contribution in [3.63, 3.8) is 0 Å². The number of aromatic nitrogens is 2. The van der Waals surface area contributed by atoms with Gasteiger partial charge in [0.1, 0.15) is 41.5 Å². The Kier molecular flexibility index (Phi) is 7.29. The van der Waals surface area contributed by atoms with Crippen LogP contribution in [0.3, 0.4) is 0 Å². The summed E-state index contributed by atoms with van der Waals surface area (Å²) in [6.45, 7) is 3.89. The summed E-state index contributed by atoms with van der Waals surface area (Å²) in [6, 6.07) is 8.85. The molecule has 0 atom stereocenters. The van der Waals surface area contributed by atoms with Crippen LogP contribution in [0.25, 0.3) is 10.9 Å². The van der Waals surface area contributed by atoms with E-state index in [1.54, 1.807) is 19.1 Å². The predicted octanol–water partition coefficient (Wildman–Crippen LogP) is 4.45. The molecule has 0 aliphatic heterocycles. The Labute approximate surface area is 195 Å². The van der Waals surface area contributed by atoms with Crippen LogP contribution in [0.4, 0.5) is 19.0 Å². The van der Waals surface area contributed by atoms with Crippen LogP contribution in [0.2, 0.25) is 0 Å². The maximum absolute atomic E-state index is 15.0. The van der Waals surface area contributed by atoms with E-state index in [9.17, 15) is 23.5 Å². The third-order valence-electron chi connectivity index (χ3n) is 5.21. The molecule has 34 heavy (non-hydrogen) atoms. The first-order chi connectivity index (χ1) is 16.0. The molecule has 0 fully saturated rings. The number of fused-ring (bicyclic) bond motifs is 1. The normalized spacial score (nSPS) is 12.0. The number of nitriles is 1. The Hall–Kier alpha value is -3.42. The third-order valence-corrected chi connectivity index (χ3v) is 5.21. The number of aliphatic hydroxyl groups is 1. The molecule has 10 heteroatoms. The van der Waals surface area contributed by atoms with Crippen LogP contribution in [-0.2, 0) is 17.2 Å². The van der Waals surface area contributed by atoms with Gasteiger partial charge in [-0.3, -0.25) is 0 Å². The Bertz CT molecular complexity index is 1240. The molecule has 3 aromatic rings. The summed E-state index contributed by atoms with van der Waals surface area (Å²) in [4.78, 5) is 8.70. The quantitative estimate of drug-likeness (QED) is 0.442. The molecule has 3 rings (SSSR count).